The second-order valence-electron chi connectivity index (χ2n) is 6.76. The number of nitrogens with one attached hydrogen (secondary N) is 3. The van der Waals surface area contributed by atoms with Crippen molar-refractivity contribution in [1.29, 1.82) is 0 Å². The average Bonchev–Trinajstić information content (AvgIpc) is 3.32. The van der Waals surface area contributed by atoms with E-state index in [4.69, 9.17) is 4.42 Å². The van der Waals surface area contributed by atoms with Crippen molar-refractivity contribution >= 4 is 44.6 Å². The maximum absolute atomic E-state index is 12.9. The number of nitrogens with zero attached hydrogens (tertiary/aromatic N) is 1. The van der Waals surface area contributed by atoms with Gasteiger partial charge in [0, 0.05) is 21.5 Å². The van der Waals surface area contributed by atoms with Crippen molar-refractivity contribution in [1.82, 2.24) is 20.8 Å². The molecule has 4 aromatic rings. The van der Waals surface area contributed by atoms with Crippen molar-refractivity contribution < 1.29 is 14.0 Å². The van der Waals surface area contributed by atoms with Crippen molar-refractivity contribution in [3.8, 4) is 0 Å². The molecule has 0 unspecified atom stereocenters. The molecule has 0 fully saturated rings. The smallest absolute Gasteiger partial charge is 0.272 e. The van der Waals surface area contributed by atoms with Crippen LogP contribution >= 0.6 is 15.9 Å². The first-order valence-electron chi connectivity index (χ1n) is 9.58. The molecule has 2 aromatic heterocycles. The molecule has 0 saturated carbocycles. The van der Waals surface area contributed by atoms with E-state index in [2.05, 4.69) is 36.8 Å². The van der Waals surface area contributed by atoms with Crippen LogP contribution in [0.3, 0.4) is 0 Å². The van der Waals surface area contributed by atoms with Crippen LogP contribution in [0, 0.1) is 0 Å². The maximum atomic E-state index is 12.9. The standard InChI is InChI=1S/C23H17BrN4O4/c24-15-9-7-14(8-10-15)21(29)26-19(12-16-4-3-11-32-16)23(31)25-13-20-17-5-1-2-6-18(17)22(30)28-27-20/h1-12H,13H2,(H,25,31)(H,26,29)(H,28,30). The Hall–Kier alpha value is -3.98. The summed E-state index contributed by atoms with van der Waals surface area (Å²) in [6.07, 6.45) is 2.90. The van der Waals surface area contributed by atoms with Crippen LogP contribution in [-0.2, 0) is 11.3 Å². The van der Waals surface area contributed by atoms with Gasteiger partial charge in [0.2, 0.25) is 0 Å². The van der Waals surface area contributed by atoms with Gasteiger partial charge in [-0.05, 0) is 42.5 Å². The predicted molar refractivity (Wildman–Crippen MR) is 123 cm³/mol. The van der Waals surface area contributed by atoms with E-state index < -0.39 is 11.8 Å². The summed E-state index contributed by atoms with van der Waals surface area (Å²) in [6, 6.07) is 17.1. The number of hydrogen-bond acceptors (Lipinski definition) is 5. The Bertz CT molecular complexity index is 1360. The molecule has 0 aliphatic rings. The predicted octanol–water partition coefficient (Wildman–Crippen LogP) is 3.37. The van der Waals surface area contributed by atoms with E-state index in [9.17, 15) is 14.4 Å². The highest BCUT2D eigenvalue weighted by Gasteiger charge is 2.16. The number of aromatic amines is 1. The first-order valence-corrected chi connectivity index (χ1v) is 10.4. The van der Waals surface area contributed by atoms with E-state index in [1.54, 1.807) is 60.7 Å². The van der Waals surface area contributed by atoms with Gasteiger partial charge >= 0.3 is 0 Å². The molecule has 0 aliphatic heterocycles. The lowest BCUT2D eigenvalue weighted by Gasteiger charge is -2.11. The van der Waals surface area contributed by atoms with Crippen LogP contribution in [-0.4, -0.2) is 22.0 Å². The molecule has 0 bridgehead atoms. The molecule has 0 atom stereocenters. The van der Waals surface area contributed by atoms with Crippen molar-refractivity contribution in [2.24, 2.45) is 0 Å². The van der Waals surface area contributed by atoms with Crippen molar-refractivity contribution in [3.05, 3.63) is 104 Å². The summed E-state index contributed by atoms with van der Waals surface area (Å²) in [5.41, 5.74) is 0.571. The molecule has 32 heavy (non-hydrogen) atoms. The van der Waals surface area contributed by atoms with Crippen LogP contribution in [0.1, 0.15) is 21.8 Å². The van der Waals surface area contributed by atoms with Crippen molar-refractivity contribution in [2.75, 3.05) is 0 Å². The zero-order valence-electron chi connectivity index (χ0n) is 16.6. The summed E-state index contributed by atoms with van der Waals surface area (Å²) in [5, 5.41) is 12.9. The summed E-state index contributed by atoms with van der Waals surface area (Å²) in [4.78, 5) is 37.5. The molecule has 2 aromatic carbocycles. The molecule has 0 saturated heterocycles. The summed E-state index contributed by atoms with van der Waals surface area (Å²) in [6.45, 7) is 0.0414. The number of benzene rings is 2. The van der Waals surface area contributed by atoms with Crippen LogP contribution in [0.15, 0.2) is 86.3 Å². The van der Waals surface area contributed by atoms with E-state index in [1.807, 2.05) is 0 Å². The van der Waals surface area contributed by atoms with Gasteiger partial charge in [-0.1, -0.05) is 34.1 Å². The highest BCUT2D eigenvalue weighted by molar-refractivity contribution is 9.10. The zero-order chi connectivity index (χ0) is 22.5. The number of furan rings is 1. The Morgan fingerprint density at radius 2 is 1.78 bits per heavy atom. The van der Waals surface area contributed by atoms with E-state index in [0.717, 1.165) is 4.47 Å². The minimum Gasteiger partial charge on any atom is -0.465 e. The van der Waals surface area contributed by atoms with Gasteiger partial charge in [-0.2, -0.15) is 5.10 Å². The van der Waals surface area contributed by atoms with Crippen LogP contribution in [0.5, 0.6) is 0 Å². The van der Waals surface area contributed by atoms with Gasteiger partial charge in [-0.3, -0.25) is 14.4 Å². The van der Waals surface area contributed by atoms with Gasteiger partial charge < -0.3 is 15.1 Å². The fourth-order valence-electron chi connectivity index (χ4n) is 3.04. The minimum absolute atomic E-state index is 0.00148. The second-order valence-corrected chi connectivity index (χ2v) is 7.68. The fourth-order valence-corrected chi connectivity index (χ4v) is 3.30. The highest BCUT2D eigenvalue weighted by Crippen LogP contribution is 2.14. The zero-order valence-corrected chi connectivity index (χ0v) is 18.2. The fraction of sp³-hybridized carbons (Fsp3) is 0.0435. The number of rotatable bonds is 6. The lowest BCUT2D eigenvalue weighted by Crippen LogP contribution is -2.35. The second kappa shape index (κ2) is 9.44. The van der Waals surface area contributed by atoms with Gasteiger partial charge in [-0.15, -0.1) is 0 Å². The normalized spacial score (nSPS) is 11.3. The summed E-state index contributed by atoms with van der Waals surface area (Å²) in [7, 11) is 0. The molecule has 2 amide bonds. The number of hydrogen-bond donors (Lipinski definition) is 3. The van der Waals surface area contributed by atoms with E-state index >= 15 is 0 Å². The van der Waals surface area contributed by atoms with E-state index in [-0.39, 0.29) is 17.8 Å². The number of aromatic nitrogens is 2. The number of fused-ring (bicyclic) bond motifs is 1. The molecular weight excluding hydrogens is 476 g/mol. The third-order valence-corrected chi connectivity index (χ3v) is 5.15. The quantitative estimate of drug-likeness (QED) is 0.356. The third kappa shape index (κ3) is 4.84. The van der Waals surface area contributed by atoms with Crippen molar-refractivity contribution in [2.45, 2.75) is 6.54 Å². The number of halogens is 1. The van der Waals surface area contributed by atoms with Crippen LogP contribution in [0.4, 0.5) is 0 Å². The maximum Gasteiger partial charge on any atom is 0.272 e. The van der Waals surface area contributed by atoms with E-state index in [1.165, 1.54) is 12.3 Å². The number of amides is 2. The topological polar surface area (TPSA) is 117 Å². The molecule has 0 radical (unpaired) electrons. The van der Waals surface area contributed by atoms with Crippen molar-refractivity contribution in [3.63, 3.8) is 0 Å². The van der Waals surface area contributed by atoms with Gasteiger partial charge in [0.15, 0.2) is 0 Å². The SMILES string of the molecule is O=C(NCc1n[nH]c(=O)c2ccccc12)C(=Cc1ccco1)NC(=O)c1ccc(Br)cc1. The summed E-state index contributed by atoms with van der Waals surface area (Å²) < 4.78 is 6.12. The van der Waals surface area contributed by atoms with Crippen LogP contribution in [0.2, 0.25) is 0 Å². The van der Waals surface area contributed by atoms with E-state index in [0.29, 0.717) is 27.8 Å². The highest BCUT2D eigenvalue weighted by atomic mass is 79.9. The lowest BCUT2D eigenvalue weighted by atomic mass is 10.1. The Morgan fingerprint density at radius 1 is 1.03 bits per heavy atom. The minimum atomic E-state index is -0.538. The molecule has 3 N–H and O–H groups in total. The lowest BCUT2D eigenvalue weighted by molar-refractivity contribution is -0.117. The van der Waals surface area contributed by atoms with Gasteiger partial charge in [0.25, 0.3) is 17.4 Å². The number of H-pyrrole nitrogens is 1. The molecule has 8 nitrogen and oxygen atoms in total. The Labute approximate surface area is 190 Å². The third-order valence-electron chi connectivity index (χ3n) is 4.62. The Balaban J connectivity index is 1.56. The molecule has 4 rings (SSSR count). The first kappa shape index (κ1) is 21.3. The molecule has 160 valence electrons. The summed E-state index contributed by atoms with van der Waals surface area (Å²) >= 11 is 3.33. The molecule has 0 aliphatic carbocycles. The molecule has 0 spiro atoms. The molecule has 2 heterocycles. The largest absolute Gasteiger partial charge is 0.465 e. The molecular formula is C23H17BrN4O4. The number of carbonyl (C=O) groups is 2. The molecule has 9 heteroatoms. The average molecular weight is 493 g/mol. The monoisotopic (exact) mass is 492 g/mol. The van der Waals surface area contributed by atoms with Gasteiger partial charge in [0.05, 0.1) is 23.9 Å². The first-order chi connectivity index (χ1) is 15.5. The van der Waals surface area contributed by atoms with Gasteiger partial charge in [0.1, 0.15) is 11.5 Å². The number of carbonyl (C=O) groups excluding carboxylic acids is 2. The Morgan fingerprint density at radius 3 is 2.50 bits per heavy atom. The van der Waals surface area contributed by atoms with Gasteiger partial charge in [-0.25, -0.2) is 5.10 Å². The Kier molecular flexibility index (Phi) is 6.27. The van der Waals surface area contributed by atoms with Crippen LogP contribution in [0.25, 0.3) is 16.8 Å². The van der Waals surface area contributed by atoms with Crippen LogP contribution < -0.4 is 16.2 Å². The summed E-state index contributed by atoms with van der Waals surface area (Å²) in [5.74, 6) is -0.583.